The third-order valence-electron chi connectivity index (χ3n) is 5.19. The van der Waals surface area contributed by atoms with Crippen molar-refractivity contribution < 1.29 is 14.3 Å². The Labute approximate surface area is 200 Å². The number of carbonyl (C=O) groups is 1. The van der Waals surface area contributed by atoms with Crippen LogP contribution in [0.1, 0.15) is 11.3 Å². The number of rotatable bonds is 8. The number of benzene rings is 2. The normalized spacial score (nSPS) is 10.9. The highest BCUT2D eigenvalue weighted by atomic mass is 16.5. The number of fused-ring (bicyclic) bond motifs is 1. The first kappa shape index (κ1) is 22.0. The van der Waals surface area contributed by atoms with Crippen LogP contribution in [0.15, 0.2) is 66.7 Å². The molecule has 0 saturated carbocycles. The molecule has 0 aliphatic carbocycles. The minimum absolute atomic E-state index is 0.123. The molecule has 0 bridgehead atoms. The van der Waals surface area contributed by atoms with Gasteiger partial charge in [0.25, 0.3) is 11.9 Å². The van der Waals surface area contributed by atoms with Gasteiger partial charge < -0.3 is 14.8 Å². The summed E-state index contributed by atoms with van der Waals surface area (Å²) in [5.74, 6) is 1.18. The molecular formula is C24H22N8O3. The molecule has 5 rings (SSSR count). The number of anilines is 1. The highest BCUT2D eigenvalue weighted by Crippen LogP contribution is 2.27. The van der Waals surface area contributed by atoms with Crippen LogP contribution < -0.4 is 14.8 Å². The first-order valence-corrected chi connectivity index (χ1v) is 10.9. The van der Waals surface area contributed by atoms with E-state index in [9.17, 15) is 4.79 Å². The Morgan fingerprint density at radius 1 is 0.971 bits per heavy atom. The number of amides is 1. The van der Waals surface area contributed by atoms with Gasteiger partial charge in [-0.15, -0.1) is 0 Å². The summed E-state index contributed by atoms with van der Waals surface area (Å²) in [5, 5.41) is 14.5. The zero-order valence-corrected chi connectivity index (χ0v) is 19.1. The molecule has 2 aromatic carbocycles. The number of aryl methyl sites for hydroxylation is 2. The third-order valence-corrected chi connectivity index (χ3v) is 5.19. The standard InChI is InChI=1S/C24H22N8O3/c1-16-8-6-12-19-22(16)27-24(32(19)23-28-29-30-31(23)2)35-14-17-9-7-13-20(25-17)26-21(33)15-34-18-10-4-3-5-11-18/h3-13H,14-15H2,1-2H3,(H,25,26,33). The van der Waals surface area contributed by atoms with Crippen molar-refractivity contribution in [3.8, 4) is 17.7 Å². The van der Waals surface area contributed by atoms with Crippen molar-refractivity contribution in [2.24, 2.45) is 7.05 Å². The molecule has 1 N–H and O–H groups in total. The molecule has 11 heteroatoms. The Hall–Kier alpha value is -4.80. The van der Waals surface area contributed by atoms with Gasteiger partial charge in [0.15, 0.2) is 6.61 Å². The molecule has 3 heterocycles. The van der Waals surface area contributed by atoms with Crippen molar-refractivity contribution in [2.45, 2.75) is 13.5 Å². The largest absolute Gasteiger partial charge is 0.484 e. The number of nitrogens with one attached hydrogen (secondary N) is 1. The van der Waals surface area contributed by atoms with E-state index in [0.29, 0.717) is 29.2 Å². The molecule has 0 radical (unpaired) electrons. The van der Waals surface area contributed by atoms with Crippen LogP contribution in [0.2, 0.25) is 0 Å². The molecule has 0 fully saturated rings. The maximum atomic E-state index is 12.3. The number of nitrogens with zero attached hydrogens (tertiary/aromatic N) is 7. The fourth-order valence-electron chi connectivity index (χ4n) is 3.53. The lowest BCUT2D eigenvalue weighted by Crippen LogP contribution is -2.21. The van der Waals surface area contributed by atoms with Crippen molar-refractivity contribution >= 4 is 22.8 Å². The molecular weight excluding hydrogens is 448 g/mol. The molecule has 5 aromatic rings. The predicted molar refractivity (Wildman–Crippen MR) is 127 cm³/mol. The first-order valence-electron chi connectivity index (χ1n) is 10.9. The minimum atomic E-state index is -0.313. The van der Waals surface area contributed by atoms with Gasteiger partial charge in [0, 0.05) is 7.05 Å². The fraction of sp³-hybridized carbons (Fsp3) is 0.167. The van der Waals surface area contributed by atoms with Crippen LogP contribution in [0, 0.1) is 6.92 Å². The zero-order valence-electron chi connectivity index (χ0n) is 19.1. The van der Waals surface area contributed by atoms with Crippen LogP contribution in [-0.4, -0.2) is 47.3 Å². The average molecular weight is 470 g/mol. The number of hydrogen-bond donors (Lipinski definition) is 1. The van der Waals surface area contributed by atoms with Gasteiger partial charge in [-0.1, -0.05) is 41.5 Å². The third kappa shape index (κ3) is 4.78. The van der Waals surface area contributed by atoms with E-state index in [1.165, 1.54) is 0 Å². The van der Waals surface area contributed by atoms with Crippen molar-refractivity contribution in [1.82, 2.24) is 34.7 Å². The molecule has 1 amide bonds. The summed E-state index contributed by atoms with van der Waals surface area (Å²) >= 11 is 0. The maximum absolute atomic E-state index is 12.3. The van der Waals surface area contributed by atoms with Crippen LogP contribution >= 0.6 is 0 Å². The number of pyridine rings is 1. The molecule has 176 valence electrons. The van der Waals surface area contributed by atoms with Gasteiger partial charge in [0.2, 0.25) is 0 Å². The number of imidazole rings is 1. The molecule has 0 aliphatic rings. The monoisotopic (exact) mass is 470 g/mol. The molecule has 0 spiro atoms. The van der Waals surface area contributed by atoms with Gasteiger partial charge in [-0.05, 0) is 53.2 Å². The van der Waals surface area contributed by atoms with Gasteiger partial charge in [-0.3, -0.25) is 4.79 Å². The van der Waals surface area contributed by atoms with Gasteiger partial charge in [-0.2, -0.15) is 4.98 Å². The lowest BCUT2D eigenvalue weighted by molar-refractivity contribution is -0.118. The van der Waals surface area contributed by atoms with Gasteiger partial charge in [-0.25, -0.2) is 14.2 Å². The Kier molecular flexibility index (Phi) is 6.03. The van der Waals surface area contributed by atoms with Gasteiger partial charge >= 0.3 is 6.01 Å². The number of tetrazole rings is 1. The van der Waals surface area contributed by atoms with Crippen molar-refractivity contribution in [1.29, 1.82) is 0 Å². The second-order valence-electron chi connectivity index (χ2n) is 7.73. The first-order chi connectivity index (χ1) is 17.1. The van der Waals surface area contributed by atoms with Crippen LogP contribution in [0.5, 0.6) is 11.8 Å². The Bertz CT molecular complexity index is 1480. The SMILES string of the molecule is Cc1cccc2c1nc(OCc1cccc(NC(=O)COc3ccccc3)n1)n2-c1nnnn1C. The maximum Gasteiger partial charge on any atom is 0.305 e. The Morgan fingerprint density at radius 3 is 2.60 bits per heavy atom. The summed E-state index contributed by atoms with van der Waals surface area (Å²) in [7, 11) is 1.75. The number of para-hydroxylation sites is 2. The van der Waals surface area contributed by atoms with E-state index in [4.69, 9.17) is 9.47 Å². The van der Waals surface area contributed by atoms with Crippen LogP contribution in [0.25, 0.3) is 17.0 Å². The van der Waals surface area contributed by atoms with E-state index < -0.39 is 0 Å². The highest BCUT2D eigenvalue weighted by molar-refractivity contribution is 5.91. The Morgan fingerprint density at radius 2 is 1.80 bits per heavy atom. The lowest BCUT2D eigenvalue weighted by atomic mass is 10.2. The van der Waals surface area contributed by atoms with Crippen molar-refractivity contribution in [3.05, 3.63) is 78.0 Å². The van der Waals surface area contributed by atoms with Crippen molar-refractivity contribution in [2.75, 3.05) is 11.9 Å². The molecule has 0 saturated heterocycles. The molecule has 35 heavy (non-hydrogen) atoms. The highest BCUT2D eigenvalue weighted by Gasteiger charge is 2.19. The second-order valence-corrected chi connectivity index (χ2v) is 7.73. The summed E-state index contributed by atoms with van der Waals surface area (Å²) < 4.78 is 14.8. The summed E-state index contributed by atoms with van der Waals surface area (Å²) in [6.07, 6.45) is 0. The molecule has 0 atom stereocenters. The zero-order chi connectivity index (χ0) is 24.2. The van der Waals surface area contributed by atoms with Gasteiger partial charge in [0.05, 0.1) is 16.7 Å². The summed E-state index contributed by atoms with van der Waals surface area (Å²) in [4.78, 5) is 21.4. The van der Waals surface area contributed by atoms with E-state index in [1.54, 1.807) is 46.6 Å². The fourth-order valence-corrected chi connectivity index (χ4v) is 3.53. The predicted octanol–water partition coefficient (Wildman–Crippen LogP) is 2.85. The molecule has 11 nitrogen and oxygen atoms in total. The quantitative estimate of drug-likeness (QED) is 0.367. The van der Waals surface area contributed by atoms with E-state index in [-0.39, 0.29) is 19.1 Å². The number of aromatic nitrogens is 7. The average Bonchev–Trinajstić information content (AvgIpc) is 3.45. The summed E-state index contributed by atoms with van der Waals surface area (Å²) in [6, 6.07) is 20.6. The number of hydrogen-bond acceptors (Lipinski definition) is 8. The number of carbonyl (C=O) groups excluding carboxylic acids is 1. The molecule has 3 aromatic heterocycles. The summed E-state index contributed by atoms with van der Waals surface area (Å²) in [5.41, 5.74) is 3.23. The number of ether oxygens (including phenoxy) is 2. The van der Waals surface area contributed by atoms with Crippen LogP contribution in [0.4, 0.5) is 5.82 Å². The van der Waals surface area contributed by atoms with Crippen molar-refractivity contribution in [3.63, 3.8) is 0 Å². The Balaban J connectivity index is 1.31. The summed E-state index contributed by atoms with van der Waals surface area (Å²) in [6.45, 7) is 1.98. The van der Waals surface area contributed by atoms with Gasteiger partial charge in [0.1, 0.15) is 18.2 Å². The molecule has 0 aliphatic heterocycles. The van der Waals surface area contributed by atoms with E-state index in [1.807, 2.05) is 43.3 Å². The lowest BCUT2D eigenvalue weighted by Gasteiger charge is -2.10. The van der Waals surface area contributed by atoms with Crippen LogP contribution in [-0.2, 0) is 18.4 Å². The molecule has 0 unspecified atom stereocenters. The van der Waals surface area contributed by atoms with E-state index in [0.717, 1.165) is 16.6 Å². The van der Waals surface area contributed by atoms with E-state index in [2.05, 4.69) is 30.8 Å². The smallest absolute Gasteiger partial charge is 0.305 e. The van der Waals surface area contributed by atoms with E-state index >= 15 is 0 Å². The van der Waals surface area contributed by atoms with Crippen LogP contribution in [0.3, 0.4) is 0 Å². The second kappa shape index (κ2) is 9.59. The minimum Gasteiger partial charge on any atom is -0.484 e. The topological polar surface area (TPSA) is 122 Å².